The molecule has 8 heteroatoms. The number of esters is 2. The summed E-state index contributed by atoms with van der Waals surface area (Å²) in [5.74, 6) is -1.97. The fourth-order valence-corrected chi connectivity index (χ4v) is 5.30. The lowest BCUT2D eigenvalue weighted by molar-refractivity contribution is -0.149. The number of aliphatic hydroxyl groups excluding tert-OH is 2. The van der Waals surface area contributed by atoms with Gasteiger partial charge in [-0.3, -0.25) is 13.8 Å². The van der Waals surface area contributed by atoms with Crippen LogP contribution >= 0.6 is 0 Å². The van der Waals surface area contributed by atoms with Crippen molar-refractivity contribution in [2.75, 3.05) is 12.9 Å². The summed E-state index contributed by atoms with van der Waals surface area (Å²) in [6.07, 6.45) is 5.21. The molecule has 0 spiro atoms. The Bertz CT molecular complexity index is 576. The van der Waals surface area contributed by atoms with Gasteiger partial charge in [0, 0.05) is 10.8 Å². The molecule has 0 amide bonds. The molecule has 1 saturated carbocycles. The van der Waals surface area contributed by atoms with Crippen LogP contribution in [-0.2, 0) is 29.9 Å². The number of carbonyl (C=O) groups is 2. The van der Waals surface area contributed by atoms with Crippen LogP contribution in [0.4, 0.5) is 0 Å². The molecule has 27 heavy (non-hydrogen) atoms. The smallest absolute Gasteiger partial charge is 0.318 e. The zero-order valence-electron chi connectivity index (χ0n) is 15.9. The van der Waals surface area contributed by atoms with Crippen molar-refractivity contribution in [2.45, 2.75) is 69.0 Å². The van der Waals surface area contributed by atoms with Crippen molar-refractivity contribution in [1.29, 1.82) is 0 Å². The highest BCUT2D eigenvalue weighted by Crippen LogP contribution is 2.38. The number of methoxy groups -OCH3 is 1. The fourth-order valence-electron chi connectivity index (χ4n) is 3.91. The second-order valence-corrected chi connectivity index (χ2v) is 9.10. The number of carbonyl (C=O) groups excluding carboxylic acids is 2. The van der Waals surface area contributed by atoms with E-state index >= 15 is 0 Å². The van der Waals surface area contributed by atoms with Gasteiger partial charge in [-0.15, -0.1) is 0 Å². The minimum Gasteiger partial charge on any atom is -0.468 e. The van der Waals surface area contributed by atoms with Gasteiger partial charge in [0.05, 0.1) is 37.1 Å². The van der Waals surface area contributed by atoms with Gasteiger partial charge in [-0.2, -0.15) is 0 Å². The Balaban J connectivity index is 2.26. The molecular formula is C19H30O7S. The lowest BCUT2D eigenvalue weighted by atomic mass is 9.87. The summed E-state index contributed by atoms with van der Waals surface area (Å²) in [5, 5.41) is 20.1. The molecule has 1 aliphatic carbocycles. The number of cyclic esters (lactones) is 1. The topological polar surface area (TPSA) is 110 Å². The van der Waals surface area contributed by atoms with E-state index in [1.54, 1.807) is 0 Å². The van der Waals surface area contributed by atoms with Gasteiger partial charge in [-0.1, -0.05) is 12.2 Å². The molecular weight excluding hydrogens is 372 g/mol. The van der Waals surface area contributed by atoms with Gasteiger partial charge in [0.25, 0.3) is 0 Å². The van der Waals surface area contributed by atoms with Crippen LogP contribution in [0.2, 0.25) is 0 Å². The number of aliphatic hydroxyl groups is 2. The van der Waals surface area contributed by atoms with Crippen LogP contribution in [0.5, 0.6) is 0 Å². The van der Waals surface area contributed by atoms with Crippen LogP contribution in [0.1, 0.15) is 45.4 Å². The van der Waals surface area contributed by atoms with E-state index in [1.165, 1.54) is 7.11 Å². The highest BCUT2D eigenvalue weighted by Gasteiger charge is 2.42. The Morgan fingerprint density at radius 2 is 2.11 bits per heavy atom. The number of allylic oxidation sites excluding steroid dienone is 2. The highest BCUT2D eigenvalue weighted by atomic mass is 32.2. The first kappa shape index (κ1) is 22.0. The Kier molecular flexibility index (Phi) is 8.44. The van der Waals surface area contributed by atoms with Gasteiger partial charge >= 0.3 is 11.9 Å². The molecule has 0 radical (unpaired) electrons. The summed E-state index contributed by atoms with van der Waals surface area (Å²) in [6.45, 7) is 1.81. The van der Waals surface area contributed by atoms with Gasteiger partial charge in [0.2, 0.25) is 0 Å². The second kappa shape index (κ2) is 10.3. The Morgan fingerprint density at radius 1 is 1.37 bits per heavy atom. The van der Waals surface area contributed by atoms with E-state index < -0.39 is 45.9 Å². The van der Waals surface area contributed by atoms with E-state index in [2.05, 4.69) is 4.74 Å². The van der Waals surface area contributed by atoms with Crippen LogP contribution in [-0.4, -0.2) is 62.8 Å². The van der Waals surface area contributed by atoms with Crippen molar-refractivity contribution < 1.29 is 33.5 Å². The van der Waals surface area contributed by atoms with Crippen LogP contribution < -0.4 is 0 Å². The van der Waals surface area contributed by atoms with Gasteiger partial charge in [0.1, 0.15) is 5.75 Å². The lowest BCUT2D eigenvalue weighted by Crippen LogP contribution is -2.41. The minimum atomic E-state index is -1.80. The molecule has 2 aliphatic rings. The van der Waals surface area contributed by atoms with E-state index in [-0.39, 0.29) is 24.4 Å². The van der Waals surface area contributed by atoms with E-state index in [1.807, 2.05) is 19.1 Å². The maximum atomic E-state index is 12.7. The third-order valence-electron chi connectivity index (χ3n) is 5.35. The number of fused-ring (bicyclic) bond motifs is 1. The monoisotopic (exact) mass is 402 g/mol. The lowest BCUT2D eigenvalue weighted by Gasteiger charge is -2.29. The number of ether oxygens (including phenoxy) is 2. The van der Waals surface area contributed by atoms with Crippen LogP contribution in [0.15, 0.2) is 12.2 Å². The number of hydrogen-bond donors (Lipinski definition) is 2. The molecule has 2 N–H and O–H groups in total. The van der Waals surface area contributed by atoms with Gasteiger partial charge in [-0.05, 0) is 50.9 Å². The fraction of sp³-hybridized carbons (Fsp3) is 0.789. The summed E-state index contributed by atoms with van der Waals surface area (Å²) in [6, 6.07) is 0. The summed E-state index contributed by atoms with van der Waals surface area (Å²) in [4.78, 5) is 23.9. The largest absolute Gasteiger partial charge is 0.468 e. The zero-order valence-corrected chi connectivity index (χ0v) is 16.7. The molecule has 1 fully saturated rings. The maximum Gasteiger partial charge on any atom is 0.318 e. The minimum absolute atomic E-state index is 0.0539. The molecule has 0 saturated heterocycles. The first-order chi connectivity index (χ1) is 12.8. The molecule has 7 nitrogen and oxygen atoms in total. The normalized spacial score (nSPS) is 37.7. The summed E-state index contributed by atoms with van der Waals surface area (Å²) in [5.41, 5.74) is 0. The van der Waals surface area contributed by atoms with Crippen LogP contribution in [0.3, 0.4) is 0 Å². The molecule has 0 aromatic carbocycles. The predicted octanol–water partition coefficient (Wildman–Crippen LogP) is 1.09. The third kappa shape index (κ3) is 6.40. The van der Waals surface area contributed by atoms with Crippen molar-refractivity contribution in [3.63, 3.8) is 0 Å². The van der Waals surface area contributed by atoms with Gasteiger partial charge in [-0.25, -0.2) is 0 Å². The van der Waals surface area contributed by atoms with E-state index in [0.717, 1.165) is 12.8 Å². The first-order valence-corrected chi connectivity index (χ1v) is 10.9. The van der Waals surface area contributed by atoms with E-state index in [0.29, 0.717) is 19.3 Å². The SMILES string of the molecule is COC(=O)CS(=O)[C@@H]1CC(=O)O[C@@H](C)CCC/C=C/[C@@H]2C[C@H](O)C[C@H]2[C@H]1O. The average Bonchev–Trinajstić information content (AvgIpc) is 2.98. The van der Waals surface area contributed by atoms with Crippen molar-refractivity contribution >= 4 is 22.7 Å². The summed E-state index contributed by atoms with van der Waals surface area (Å²) in [7, 11) is -0.598. The summed E-state index contributed by atoms with van der Waals surface area (Å²) < 4.78 is 22.7. The van der Waals surface area contributed by atoms with E-state index in [9.17, 15) is 24.0 Å². The molecule has 7 atom stereocenters. The first-order valence-electron chi connectivity index (χ1n) is 9.48. The maximum absolute atomic E-state index is 12.7. The molecule has 0 bridgehead atoms. The molecule has 1 heterocycles. The Hall–Kier alpha value is -1.25. The number of rotatable bonds is 3. The zero-order chi connectivity index (χ0) is 20.0. The molecule has 0 aromatic rings. The van der Waals surface area contributed by atoms with Gasteiger partial charge < -0.3 is 19.7 Å². The third-order valence-corrected chi connectivity index (χ3v) is 6.99. The molecule has 1 unspecified atom stereocenters. The van der Waals surface area contributed by atoms with Crippen molar-refractivity contribution in [2.24, 2.45) is 11.8 Å². The molecule has 1 aliphatic heterocycles. The molecule has 2 rings (SSSR count). The van der Waals surface area contributed by atoms with E-state index in [4.69, 9.17) is 4.74 Å². The Morgan fingerprint density at radius 3 is 2.81 bits per heavy atom. The van der Waals surface area contributed by atoms with Crippen molar-refractivity contribution in [3.8, 4) is 0 Å². The van der Waals surface area contributed by atoms with Crippen LogP contribution in [0, 0.1) is 11.8 Å². The Labute approximate surface area is 162 Å². The predicted molar refractivity (Wildman–Crippen MR) is 100 cm³/mol. The standard InChI is InChI=1S/C19H30O7S/c1-12-6-4-3-5-7-13-8-14(20)9-15(13)19(23)16(10-17(21)26-12)27(24)11-18(22)25-2/h5,7,12-16,19-20,23H,3-4,6,8-11H2,1-2H3/b7-5+/t12-,13+,14-,15+,16+,19+,27?/m0/s1. The summed E-state index contributed by atoms with van der Waals surface area (Å²) >= 11 is 0. The number of hydrogen-bond acceptors (Lipinski definition) is 7. The van der Waals surface area contributed by atoms with Crippen molar-refractivity contribution in [1.82, 2.24) is 0 Å². The van der Waals surface area contributed by atoms with Crippen molar-refractivity contribution in [3.05, 3.63) is 12.2 Å². The molecule has 0 aromatic heterocycles. The molecule has 154 valence electrons. The second-order valence-electron chi connectivity index (χ2n) is 7.45. The van der Waals surface area contributed by atoms with Crippen LogP contribution in [0.25, 0.3) is 0 Å². The highest BCUT2D eigenvalue weighted by molar-refractivity contribution is 7.86. The van der Waals surface area contributed by atoms with Gasteiger partial charge in [0.15, 0.2) is 0 Å². The average molecular weight is 403 g/mol. The quantitative estimate of drug-likeness (QED) is 0.537.